The quantitative estimate of drug-likeness (QED) is 0.431. The van der Waals surface area contributed by atoms with Gasteiger partial charge in [-0.1, -0.05) is 0 Å². The van der Waals surface area contributed by atoms with Crippen LogP contribution in [-0.2, 0) is 14.0 Å². The van der Waals surface area contributed by atoms with Crippen molar-refractivity contribution in [3.05, 3.63) is 0 Å². The zero-order chi connectivity index (χ0) is 7.33. The van der Waals surface area contributed by atoms with Gasteiger partial charge in [-0.3, -0.25) is 4.79 Å². The van der Waals surface area contributed by atoms with E-state index in [0.29, 0.717) is 12.7 Å². The lowest BCUT2D eigenvalue weighted by Gasteiger charge is -2.17. The Morgan fingerprint density at radius 2 is 2.11 bits per heavy atom. The van der Waals surface area contributed by atoms with Gasteiger partial charge in [-0.05, 0) is 13.1 Å². The van der Waals surface area contributed by atoms with Gasteiger partial charge in [0, 0.05) is 7.11 Å². The van der Waals surface area contributed by atoms with Crippen LogP contribution in [0.2, 0.25) is 13.1 Å². The van der Waals surface area contributed by atoms with Gasteiger partial charge in [-0.25, -0.2) is 0 Å². The van der Waals surface area contributed by atoms with E-state index in [1.54, 1.807) is 7.11 Å². The van der Waals surface area contributed by atoms with Crippen molar-refractivity contribution in [1.29, 1.82) is 0 Å². The van der Waals surface area contributed by atoms with E-state index < -0.39 is 8.32 Å². The molecule has 0 radical (unpaired) electrons. The largest absolute Gasteiger partial charge is 0.469 e. The van der Waals surface area contributed by atoms with Gasteiger partial charge in [0.05, 0.1) is 0 Å². The Hall–Kier alpha value is -0.353. The molecule has 0 aliphatic heterocycles. The molecule has 0 heterocycles. The van der Waals surface area contributed by atoms with E-state index >= 15 is 0 Å². The molecule has 0 unspecified atom stereocenters. The Bertz CT molecular complexity index is 92.2. The molecule has 0 fully saturated rings. The van der Waals surface area contributed by atoms with Crippen LogP contribution in [-0.4, -0.2) is 28.1 Å². The summed E-state index contributed by atoms with van der Waals surface area (Å²) in [5.74, 6) is 0. The van der Waals surface area contributed by atoms with Crippen LogP contribution in [0.15, 0.2) is 0 Å². The summed E-state index contributed by atoms with van der Waals surface area (Å²) < 4.78 is 9.64. The first kappa shape index (κ1) is 8.65. The van der Waals surface area contributed by atoms with Crippen LogP contribution in [0.5, 0.6) is 0 Å². The van der Waals surface area contributed by atoms with Gasteiger partial charge in [0.25, 0.3) is 6.47 Å². The number of hydrogen-bond acceptors (Lipinski definition) is 3. The Morgan fingerprint density at radius 3 is 2.44 bits per heavy atom. The van der Waals surface area contributed by atoms with E-state index in [1.807, 2.05) is 13.1 Å². The molecular formula is C5H12O3Si. The van der Waals surface area contributed by atoms with E-state index in [9.17, 15) is 4.79 Å². The normalized spacial score (nSPS) is 11.0. The minimum atomic E-state index is -1.65. The van der Waals surface area contributed by atoms with Crippen LogP contribution >= 0.6 is 0 Å². The van der Waals surface area contributed by atoms with Gasteiger partial charge >= 0.3 is 0 Å². The van der Waals surface area contributed by atoms with E-state index in [1.165, 1.54) is 0 Å². The maximum atomic E-state index is 9.71. The first-order valence-electron chi connectivity index (χ1n) is 2.73. The zero-order valence-electron chi connectivity index (χ0n) is 6.01. The molecule has 0 amide bonds. The van der Waals surface area contributed by atoms with Gasteiger partial charge in [0.15, 0.2) is 0 Å². The molecule has 0 N–H and O–H groups in total. The van der Waals surface area contributed by atoms with Crippen LogP contribution in [0.3, 0.4) is 0 Å². The van der Waals surface area contributed by atoms with Crippen molar-refractivity contribution in [3.63, 3.8) is 0 Å². The number of carbonyl (C=O) groups is 1. The Morgan fingerprint density at radius 1 is 1.56 bits per heavy atom. The summed E-state index contributed by atoms with van der Waals surface area (Å²) in [6.45, 7) is 4.42. The summed E-state index contributed by atoms with van der Waals surface area (Å²) in [6.07, 6.45) is 0.438. The van der Waals surface area contributed by atoms with Crippen molar-refractivity contribution < 1.29 is 14.0 Å². The molecule has 0 aliphatic rings. The topological polar surface area (TPSA) is 35.5 Å². The molecule has 0 saturated heterocycles. The molecule has 0 aromatic heterocycles. The molecule has 0 aromatic rings. The number of carbonyl (C=O) groups excluding carboxylic acids is 1. The third kappa shape index (κ3) is 4.17. The lowest BCUT2D eigenvalue weighted by molar-refractivity contribution is -0.127. The highest BCUT2D eigenvalue weighted by molar-refractivity contribution is 6.71. The lowest BCUT2D eigenvalue weighted by Crippen LogP contribution is -2.35. The van der Waals surface area contributed by atoms with Crippen LogP contribution in [0.1, 0.15) is 0 Å². The fraction of sp³-hybridized carbons (Fsp3) is 0.800. The van der Waals surface area contributed by atoms with Crippen molar-refractivity contribution in [3.8, 4) is 0 Å². The molecule has 0 aliphatic carbocycles. The molecule has 0 bridgehead atoms. The number of hydrogen-bond donors (Lipinski definition) is 0. The standard InChI is InChI=1S/C5H12O3Si/c1-7-9(2,3)5-8-4-6/h4H,5H2,1-3H3. The van der Waals surface area contributed by atoms with Crippen LogP contribution in [0.4, 0.5) is 0 Å². The minimum absolute atomic E-state index is 0.438. The Kier molecular flexibility index (Phi) is 3.49. The summed E-state index contributed by atoms with van der Waals surface area (Å²) >= 11 is 0. The summed E-state index contributed by atoms with van der Waals surface area (Å²) in [5, 5.41) is 0. The third-order valence-corrected chi connectivity index (χ3v) is 3.02. The van der Waals surface area contributed by atoms with Crippen LogP contribution < -0.4 is 0 Å². The predicted molar refractivity (Wildman–Crippen MR) is 36.5 cm³/mol. The second-order valence-corrected chi connectivity index (χ2v) is 6.59. The van der Waals surface area contributed by atoms with Crippen molar-refractivity contribution in [2.45, 2.75) is 13.1 Å². The first-order valence-corrected chi connectivity index (χ1v) is 5.84. The molecule has 0 spiro atoms. The SMILES string of the molecule is CO[Si](C)(C)COC=O. The van der Waals surface area contributed by atoms with Crippen molar-refractivity contribution in [1.82, 2.24) is 0 Å². The third-order valence-electron chi connectivity index (χ3n) is 1.05. The van der Waals surface area contributed by atoms with E-state index in [-0.39, 0.29) is 0 Å². The van der Waals surface area contributed by atoms with Gasteiger partial charge in [0.1, 0.15) is 6.23 Å². The summed E-state index contributed by atoms with van der Waals surface area (Å²) in [6, 6.07) is 0. The van der Waals surface area contributed by atoms with E-state index in [2.05, 4.69) is 4.74 Å². The number of rotatable bonds is 4. The van der Waals surface area contributed by atoms with E-state index in [0.717, 1.165) is 0 Å². The molecular weight excluding hydrogens is 136 g/mol. The monoisotopic (exact) mass is 148 g/mol. The second-order valence-electron chi connectivity index (χ2n) is 2.37. The average molecular weight is 148 g/mol. The van der Waals surface area contributed by atoms with Crippen LogP contribution in [0.25, 0.3) is 0 Å². The lowest BCUT2D eigenvalue weighted by atomic mass is 11.5. The summed E-state index contributed by atoms with van der Waals surface area (Å²) in [4.78, 5) is 9.71. The van der Waals surface area contributed by atoms with E-state index in [4.69, 9.17) is 4.43 Å². The van der Waals surface area contributed by atoms with Gasteiger partial charge in [0.2, 0.25) is 8.32 Å². The molecule has 9 heavy (non-hydrogen) atoms. The fourth-order valence-electron chi connectivity index (χ4n) is 0.294. The number of ether oxygens (including phenoxy) is 1. The summed E-state index contributed by atoms with van der Waals surface area (Å²) in [5.41, 5.74) is 0. The highest BCUT2D eigenvalue weighted by Gasteiger charge is 2.20. The predicted octanol–water partition coefficient (Wildman–Crippen LogP) is 0.550. The maximum Gasteiger partial charge on any atom is 0.292 e. The van der Waals surface area contributed by atoms with Crippen molar-refractivity contribution in [2.75, 3.05) is 13.3 Å². The van der Waals surface area contributed by atoms with Gasteiger partial charge < -0.3 is 9.16 Å². The second kappa shape index (κ2) is 3.63. The van der Waals surface area contributed by atoms with Crippen LogP contribution in [0, 0.1) is 0 Å². The smallest absolute Gasteiger partial charge is 0.292 e. The van der Waals surface area contributed by atoms with Crippen molar-refractivity contribution >= 4 is 14.8 Å². The Balaban J connectivity index is 3.44. The minimum Gasteiger partial charge on any atom is -0.469 e. The maximum absolute atomic E-state index is 9.71. The van der Waals surface area contributed by atoms with Crippen molar-refractivity contribution in [2.24, 2.45) is 0 Å². The average Bonchev–Trinajstić information content (AvgIpc) is 1.84. The zero-order valence-corrected chi connectivity index (χ0v) is 7.01. The molecule has 0 aromatic carbocycles. The molecule has 54 valence electrons. The highest BCUT2D eigenvalue weighted by Crippen LogP contribution is 2.00. The summed E-state index contributed by atoms with van der Waals surface area (Å²) in [7, 11) is -0.0124. The molecule has 0 saturated carbocycles. The highest BCUT2D eigenvalue weighted by atomic mass is 28.4. The molecule has 4 heteroatoms. The van der Waals surface area contributed by atoms with Gasteiger partial charge in [-0.2, -0.15) is 0 Å². The molecule has 3 nitrogen and oxygen atoms in total. The Labute approximate surface area is 56.1 Å². The molecule has 0 rings (SSSR count). The first-order chi connectivity index (χ1) is 4.12. The van der Waals surface area contributed by atoms with Gasteiger partial charge in [-0.15, -0.1) is 0 Å². The molecule has 0 atom stereocenters. The fourth-order valence-corrected chi connectivity index (χ4v) is 0.881.